The van der Waals surface area contributed by atoms with Crippen molar-refractivity contribution in [2.24, 2.45) is 5.73 Å². The summed E-state index contributed by atoms with van der Waals surface area (Å²) in [6.07, 6.45) is 1.79. The van der Waals surface area contributed by atoms with Gasteiger partial charge >= 0.3 is 0 Å². The van der Waals surface area contributed by atoms with E-state index in [2.05, 4.69) is 20.3 Å². The number of halogens is 2. The van der Waals surface area contributed by atoms with Crippen LogP contribution in [0.4, 0.5) is 11.5 Å². The number of hydrogen-bond acceptors (Lipinski definition) is 5. The van der Waals surface area contributed by atoms with Crippen molar-refractivity contribution in [2.75, 3.05) is 5.32 Å². The van der Waals surface area contributed by atoms with E-state index in [4.69, 9.17) is 28.9 Å². The van der Waals surface area contributed by atoms with Crippen LogP contribution in [0.3, 0.4) is 0 Å². The second-order valence-electron chi connectivity index (χ2n) is 5.88. The number of nitrogens with two attached hydrogens (primary N) is 1. The fourth-order valence-electron chi connectivity index (χ4n) is 2.52. The van der Waals surface area contributed by atoms with Crippen molar-refractivity contribution in [1.82, 2.24) is 19.5 Å². The number of amides is 1. The molecule has 9 heteroatoms. The van der Waals surface area contributed by atoms with Crippen LogP contribution in [-0.4, -0.2) is 25.4 Å². The lowest BCUT2D eigenvalue weighted by Crippen LogP contribution is -2.13. The molecule has 130 valence electrons. The molecule has 1 amide bonds. The Labute approximate surface area is 154 Å². The number of rotatable bonds is 5. The van der Waals surface area contributed by atoms with Crippen molar-refractivity contribution >= 4 is 51.8 Å². The predicted molar refractivity (Wildman–Crippen MR) is 98.4 cm³/mol. The first kappa shape index (κ1) is 17.4. The van der Waals surface area contributed by atoms with Gasteiger partial charge in [0.05, 0.1) is 12.7 Å². The fraction of sp³-hybridized carbons (Fsp3) is 0.250. The number of benzene rings is 1. The van der Waals surface area contributed by atoms with E-state index < -0.39 is 5.91 Å². The number of carbonyl (C=O) groups is 1. The van der Waals surface area contributed by atoms with E-state index in [1.165, 1.54) is 0 Å². The summed E-state index contributed by atoms with van der Waals surface area (Å²) in [5.41, 5.74) is 7.83. The molecule has 0 saturated carbocycles. The number of aromatic nitrogens is 4. The molecule has 0 saturated heterocycles. The molecule has 0 atom stereocenters. The lowest BCUT2D eigenvalue weighted by atomic mass is 10.1. The molecular formula is C16H16Cl2N6O. The Morgan fingerprint density at radius 2 is 2.04 bits per heavy atom. The average Bonchev–Trinajstić information content (AvgIpc) is 2.89. The Bertz CT molecular complexity index is 953. The second-order valence-corrected chi connectivity index (χ2v) is 6.65. The molecule has 0 aliphatic heterocycles. The SMILES string of the molecule is CC(C)n1cnc2c(Nc3cc(Cl)cc(CC(N)=O)c3)nc(Cl)nc21. The second kappa shape index (κ2) is 6.85. The van der Waals surface area contributed by atoms with Gasteiger partial charge in [-0.2, -0.15) is 9.97 Å². The van der Waals surface area contributed by atoms with E-state index >= 15 is 0 Å². The third kappa shape index (κ3) is 3.83. The van der Waals surface area contributed by atoms with Crippen LogP contribution in [0.2, 0.25) is 10.3 Å². The maximum absolute atomic E-state index is 11.1. The summed E-state index contributed by atoms with van der Waals surface area (Å²) in [6.45, 7) is 4.05. The van der Waals surface area contributed by atoms with Crippen molar-refractivity contribution in [2.45, 2.75) is 26.3 Å². The summed E-state index contributed by atoms with van der Waals surface area (Å²) in [4.78, 5) is 24.0. The van der Waals surface area contributed by atoms with Crippen molar-refractivity contribution in [3.8, 4) is 0 Å². The molecule has 1 aromatic carbocycles. The zero-order valence-corrected chi connectivity index (χ0v) is 15.1. The van der Waals surface area contributed by atoms with Gasteiger partial charge in [-0.25, -0.2) is 4.98 Å². The van der Waals surface area contributed by atoms with Crippen LogP contribution < -0.4 is 11.1 Å². The van der Waals surface area contributed by atoms with E-state index in [1.54, 1.807) is 24.5 Å². The van der Waals surface area contributed by atoms with Crippen LogP contribution in [0.1, 0.15) is 25.5 Å². The minimum absolute atomic E-state index is 0.0944. The minimum Gasteiger partial charge on any atom is -0.369 e. The smallest absolute Gasteiger partial charge is 0.226 e. The number of imidazole rings is 1. The topological polar surface area (TPSA) is 98.7 Å². The van der Waals surface area contributed by atoms with Crippen molar-refractivity contribution in [3.63, 3.8) is 0 Å². The quantitative estimate of drug-likeness (QED) is 0.662. The standard InChI is InChI=1S/C16H16Cl2N6O/c1-8(2)24-7-20-13-14(22-16(18)23-15(13)24)21-11-4-9(5-12(19)25)3-10(17)6-11/h3-4,6-8H,5H2,1-2H3,(H2,19,25)(H,21,22,23). The summed E-state index contributed by atoms with van der Waals surface area (Å²) in [5.74, 6) is 0.0260. The molecule has 3 aromatic rings. The molecule has 0 aliphatic rings. The maximum Gasteiger partial charge on any atom is 0.226 e. The molecule has 0 aliphatic carbocycles. The first-order chi connectivity index (χ1) is 11.8. The normalized spacial score (nSPS) is 11.2. The van der Waals surface area contributed by atoms with Gasteiger partial charge in [0.1, 0.15) is 0 Å². The van der Waals surface area contributed by atoms with Gasteiger partial charge < -0.3 is 15.6 Å². The Morgan fingerprint density at radius 1 is 1.28 bits per heavy atom. The lowest BCUT2D eigenvalue weighted by molar-refractivity contribution is -0.117. The van der Waals surface area contributed by atoms with Gasteiger partial charge in [-0.05, 0) is 49.2 Å². The highest BCUT2D eigenvalue weighted by Gasteiger charge is 2.15. The maximum atomic E-state index is 11.1. The third-order valence-electron chi connectivity index (χ3n) is 3.55. The highest BCUT2D eigenvalue weighted by atomic mass is 35.5. The third-order valence-corrected chi connectivity index (χ3v) is 3.94. The molecule has 0 radical (unpaired) electrons. The summed E-state index contributed by atoms with van der Waals surface area (Å²) in [7, 11) is 0. The van der Waals surface area contributed by atoms with Gasteiger partial charge in [0.2, 0.25) is 11.2 Å². The molecule has 0 bridgehead atoms. The predicted octanol–water partition coefficient (Wildman–Crippen LogP) is 3.49. The zero-order chi connectivity index (χ0) is 18.1. The number of carbonyl (C=O) groups excluding carboxylic acids is 1. The van der Waals surface area contributed by atoms with E-state index in [9.17, 15) is 4.79 Å². The molecule has 3 rings (SSSR count). The Morgan fingerprint density at radius 3 is 2.72 bits per heavy atom. The van der Waals surface area contributed by atoms with E-state index in [0.717, 1.165) is 0 Å². The van der Waals surface area contributed by atoms with E-state index in [1.807, 2.05) is 18.4 Å². The van der Waals surface area contributed by atoms with Crippen LogP contribution in [0.5, 0.6) is 0 Å². The number of anilines is 2. The highest BCUT2D eigenvalue weighted by Crippen LogP contribution is 2.28. The van der Waals surface area contributed by atoms with Gasteiger partial charge in [0, 0.05) is 16.8 Å². The molecular weight excluding hydrogens is 363 g/mol. The molecule has 0 spiro atoms. The van der Waals surface area contributed by atoms with Crippen molar-refractivity contribution < 1.29 is 4.79 Å². The van der Waals surface area contributed by atoms with Crippen molar-refractivity contribution in [1.29, 1.82) is 0 Å². The largest absolute Gasteiger partial charge is 0.369 e. The van der Waals surface area contributed by atoms with Gasteiger partial charge in [-0.1, -0.05) is 11.6 Å². The Balaban J connectivity index is 2.03. The summed E-state index contributed by atoms with van der Waals surface area (Å²) >= 11 is 12.2. The number of primary amides is 1. The van der Waals surface area contributed by atoms with Gasteiger partial charge in [0.25, 0.3) is 0 Å². The molecule has 2 aromatic heterocycles. The first-order valence-corrected chi connectivity index (χ1v) is 8.34. The first-order valence-electron chi connectivity index (χ1n) is 7.58. The van der Waals surface area contributed by atoms with Crippen LogP contribution in [0, 0.1) is 0 Å². The molecule has 2 heterocycles. The average molecular weight is 379 g/mol. The van der Waals surface area contributed by atoms with Gasteiger partial charge in [-0.3, -0.25) is 4.79 Å². The molecule has 0 fully saturated rings. The van der Waals surface area contributed by atoms with Crippen LogP contribution in [0.15, 0.2) is 24.5 Å². The highest BCUT2D eigenvalue weighted by molar-refractivity contribution is 6.31. The van der Waals surface area contributed by atoms with E-state index in [0.29, 0.717) is 33.3 Å². The minimum atomic E-state index is -0.434. The number of fused-ring (bicyclic) bond motifs is 1. The van der Waals surface area contributed by atoms with Crippen LogP contribution in [-0.2, 0) is 11.2 Å². The molecule has 7 nitrogen and oxygen atoms in total. The summed E-state index contributed by atoms with van der Waals surface area (Å²) < 4.78 is 1.91. The van der Waals surface area contributed by atoms with Crippen LogP contribution >= 0.6 is 23.2 Å². The fourth-order valence-corrected chi connectivity index (χ4v) is 2.94. The Kier molecular flexibility index (Phi) is 4.78. The summed E-state index contributed by atoms with van der Waals surface area (Å²) in [5, 5.41) is 3.73. The van der Waals surface area contributed by atoms with E-state index in [-0.39, 0.29) is 17.7 Å². The lowest BCUT2D eigenvalue weighted by Gasteiger charge is -2.10. The van der Waals surface area contributed by atoms with Gasteiger partial charge in [0.15, 0.2) is 17.0 Å². The van der Waals surface area contributed by atoms with Crippen LogP contribution in [0.25, 0.3) is 11.2 Å². The molecule has 3 N–H and O–H groups in total. The molecule has 0 unspecified atom stereocenters. The number of hydrogen-bond donors (Lipinski definition) is 2. The molecule has 25 heavy (non-hydrogen) atoms. The zero-order valence-electron chi connectivity index (χ0n) is 13.6. The van der Waals surface area contributed by atoms with Crippen molar-refractivity contribution in [3.05, 3.63) is 40.4 Å². The number of nitrogens with one attached hydrogen (secondary N) is 1. The number of nitrogens with zero attached hydrogens (tertiary/aromatic N) is 4. The monoisotopic (exact) mass is 378 g/mol. The Hall–Kier alpha value is -2.38. The van der Waals surface area contributed by atoms with Gasteiger partial charge in [-0.15, -0.1) is 0 Å². The summed E-state index contributed by atoms with van der Waals surface area (Å²) in [6, 6.07) is 5.36.